The van der Waals surface area contributed by atoms with Gasteiger partial charge in [-0.3, -0.25) is 0 Å². The van der Waals surface area contributed by atoms with Crippen molar-refractivity contribution in [2.24, 2.45) is 0 Å². The average molecular weight is 262 g/mol. The Bertz CT molecular complexity index is 381. The van der Waals surface area contributed by atoms with Crippen molar-refractivity contribution in [1.82, 2.24) is 5.32 Å². The quantitative estimate of drug-likeness (QED) is 0.853. The fraction of sp³-hybridized carbons (Fsp3) is 0.625. The van der Waals surface area contributed by atoms with Crippen LogP contribution in [0, 0.1) is 0 Å². The molecule has 1 N–H and O–H groups in total. The number of ether oxygens (including phenoxy) is 1. The van der Waals surface area contributed by atoms with Gasteiger partial charge in [0, 0.05) is 31.9 Å². The van der Waals surface area contributed by atoms with Crippen molar-refractivity contribution < 1.29 is 4.74 Å². The topological polar surface area (TPSA) is 24.5 Å². The molecule has 0 aromatic heterocycles. The van der Waals surface area contributed by atoms with Gasteiger partial charge in [0.1, 0.15) is 0 Å². The van der Waals surface area contributed by atoms with E-state index in [9.17, 15) is 0 Å². The van der Waals surface area contributed by atoms with Crippen LogP contribution in [0.2, 0.25) is 0 Å². The lowest BCUT2D eigenvalue weighted by molar-refractivity contribution is 0.0440. The number of piperidine rings is 1. The molecule has 2 rings (SSSR count). The van der Waals surface area contributed by atoms with Crippen LogP contribution in [-0.2, 0) is 11.3 Å². The predicted molar refractivity (Wildman–Crippen MR) is 80.7 cm³/mol. The third kappa shape index (κ3) is 3.95. The van der Waals surface area contributed by atoms with Crippen LogP contribution in [0.5, 0.6) is 0 Å². The Morgan fingerprint density at radius 3 is 3.00 bits per heavy atom. The lowest BCUT2D eigenvalue weighted by Gasteiger charge is -2.35. The normalized spacial score (nSPS) is 19.7. The Hall–Kier alpha value is -1.06. The number of hydrogen-bond donors (Lipinski definition) is 1. The van der Waals surface area contributed by atoms with Gasteiger partial charge in [0.15, 0.2) is 0 Å². The highest BCUT2D eigenvalue weighted by atomic mass is 16.5. The summed E-state index contributed by atoms with van der Waals surface area (Å²) in [7, 11) is 2.00. The van der Waals surface area contributed by atoms with Gasteiger partial charge in [0.2, 0.25) is 0 Å². The van der Waals surface area contributed by atoms with E-state index in [0.717, 1.165) is 32.7 Å². The number of benzene rings is 1. The molecule has 1 aliphatic rings. The molecule has 0 aliphatic carbocycles. The Kier molecular flexibility index (Phi) is 5.67. The Balaban J connectivity index is 2.04. The summed E-state index contributed by atoms with van der Waals surface area (Å²) in [6.07, 6.45) is 3.93. The lowest BCUT2D eigenvalue weighted by atomic mass is 10.0. The van der Waals surface area contributed by atoms with Crippen molar-refractivity contribution >= 4 is 5.69 Å². The fourth-order valence-electron chi connectivity index (χ4n) is 2.74. The number of anilines is 1. The summed E-state index contributed by atoms with van der Waals surface area (Å²) in [5, 5.41) is 3.25. The second-order valence-electron chi connectivity index (χ2n) is 5.24. The molecule has 106 valence electrons. The second-order valence-corrected chi connectivity index (χ2v) is 5.24. The molecule has 0 spiro atoms. The van der Waals surface area contributed by atoms with Crippen molar-refractivity contribution in [3.63, 3.8) is 0 Å². The van der Waals surface area contributed by atoms with E-state index in [1.807, 2.05) is 7.05 Å². The van der Waals surface area contributed by atoms with Gasteiger partial charge < -0.3 is 15.0 Å². The molecule has 0 saturated carbocycles. The minimum atomic E-state index is 0.399. The maximum absolute atomic E-state index is 5.93. The van der Waals surface area contributed by atoms with E-state index < -0.39 is 0 Å². The van der Waals surface area contributed by atoms with E-state index in [1.165, 1.54) is 24.1 Å². The van der Waals surface area contributed by atoms with E-state index in [4.69, 9.17) is 4.74 Å². The summed E-state index contributed by atoms with van der Waals surface area (Å²) in [5.74, 6) is 0. The molecule has 0 radical (unpaired) electrons. The third-order valence-electron chi connectivity index (χ3n) is 3.64. The Morgan fingerprint density at radius 1 is 1.37 bits per heavy atom. The monoisotopic (exact) mass is 262 g/mol. The molecule has 1 unspecified atom stereocenters. The van der Waals surface area contributed by atoms with Gasteiger partial charge in [-0.25, -0.2) is 0 Å². The zero-order valence-electron chi connectivity index (χ0n) is 12.2. The minimum absolute atomic E-state index is 0.399. The molecule has 1 fully saturated rings. The van der Waals surface area contributed by atoms with Gasteiger partial charge in [-0.15, -0.1) is 0 Å². The number of nitrogens with one attached hydrogen (secondary N) is 1. The largest absolute Gasteiger partial charge is 0.376 e. The first-order valence-corrected chi connectivity index (χ1v) is 7.44. The van der Waals surface area contributed by atoms with Crippen LogP contribution in [0.3, 0.4) is 0 Å². The molecule has 1 aromatic carbocycles. The van der Waals surface area contributed by atoms with Gasteiger partial charge in [-0.2, -0.15) is 0 Å². The summed E-state index contributed by atoms with van der Waals surface area (Å²) in [4.78, 5) is 2.48. The predicted octanol–water partition coefficient (Wildman–Crippen LogP) is 2.80. The van der Waals surface area contributed by atoms with E-state index in [0.29, 0.717) is 6.10 Å². The van der Waals surface area contributed by atoms with Gasteiger partial charge >= 0.3 is 0 Å². The molecule has 1 aromatic rings. The number of para-hydroxylation sites is 1. The molecule has 1 heterocycles. The standard InChI is InChI=1S/C16H26N2O/c1-3-11-19-15-8-6-10-18(13-15)16-9-5-4-7-14(16)12-17-2/h4-5,7,9,15,17H,3,6,8,10-13H2,1-2H3. The van der Waals surface area contributed by atoms with Crippen molar-refractivity contribution in [1.29, 1.82) is 0 Å². The number of rotatable bonds is 6. The molecule has 1 atom stereocenters. The first kappa shape index (κ1) is 14.4. The molecular formula is C16H26N2O. The third-order valence-corrected chi connectivity index (χ3v) is 3.64. The second kappa shape index (κ2) is 7.51. The summed E-state index contributed by atoms with van der Waals surface area (Å²) in [6, 6.07) is 8.69. The molecular weight excluding hydrogens is 236 g/mol. The molecule has 1 saturated heterocycles. The molecule has 19 heavy (non-hydrogen) atoms. The van der Waals surface area contributed by atoms with Gasteiger partial charge in [-0.05, 0) is 37.9 Å². The highest BCUT2D eigenvalue weighted by Gasteiger charge is 2.21. The number of hydrogen-bond acceptors (Lipinski definition) is 3. The Labute approximate surface area is 116 Å². The van der Waals surface area contributed by atoms with E-state index >= 15 is 0 Å². The maximum atomic E-state index is 5.93. The molecule has 3 nitrogen and oxygen atoms in total. The number of nitrogens with zero attached hydrogens (tertiary/aromatic N) is 1. The van der Waals surface area contributed by atoms with E-state index in [2.05, 4.69) is 41.4 Å². The first-order valence-electron chi connectivity index (χ1n) is 7.44. The molecule has 0 bridgehead atoms. The van der Waals surface area contributed by atoms with E-state index in [-0.39, 0.29) is 0 Å². The zero-order valence-corrected chi connectivity index (χ0v) is 12.2. The van der Waals surface area contributed by atoms with Gasteiger partial charge in [0.05, 0.1) is 6.10 Å². The fourth-order valence-corrected chi connectivity index (χ4v) is 2.74. The van der Waals surface area contributed by atoms with Gasteiger partial charge in [-0.1, -0.05) is 25.1 Å². The van der Waals surface area contributed by atoms with Crippen LogP contribution >= 0.6 is 0 Å². The lowest BCUT2D eigenvalue weighted by Crippen LogP contribution is -2.40. The summed E-state index contributed by atoms with van der Waals surface area (Å²) in [6.45, 7) is 6.15. The van der Waals surface area contributed by atoms with Crippen LogP contribution in [0.4, 0.5) is 5.69 Å². The minimum Gasteiger partial charge on any atom is -0.376 e. The molecule has 0 amide bonds. The van der Waals surface area contributed by atoms with E-state index in [1.54, 1.807) is 0 Å². The van der Waals surface area contributed by atoms with Crippen molar-refractivity contribution in [3.05, 3.63) is 29.8 Å². The van der Waals surface area contributed by atoms with Crippen LogP contribution in [-0.4, -0.2) is 32.8 Å². The van der Waals surface area contributed by atoms with Crippen molar-refractivity contribution in [2.45, 2.75) is 38.8 Å². The summed E-state index contributed by atoms with van der Waals surface area (Å²) in [5.41, 5.74) is 2.74. The zero-order chi connectivity index (χ0) is 13.5. The molecule has 1 aliphatic heterocycles. The van der Waals surface area contributed by atoms with Crippen LogP contribution in [0.25, 0.3) is 0 Å². The average Bonchev–Trinajstić information content (AvgIpc) is 2.46. The van der Waals surface area contributed by atoms with Crippen LogP contribution in [0.1, 0.15) is 31.7 Å². The van der Waals surface area contributed by atoms with Crippen LogP contribution < -0.4 is 10.2 Å². The van der Waals surface area contributed by atoms with Crippen molar-refractivity contribution in [3.8, 4) is 0 Å². The summed E-state index contributed by atoms with van der Waals surface area (Å²) >= 11 is 0. The smallest absolute Gasteiger partial charge is 0.0750 e. The SMILES string of the molecule is CCCOC1CCCN(c2ccccc2CNC)C1. The van der Waals surface area contributed by atoms with Gasteiger partial charge in [0.25, 0.3) is 0 Å². The maximum Gasteiger partial charge on any atom is 0.0750 e. The highest BCUT2D eigenvalue weighted by molar-refractivity contribution is 5.54. The van der Waals surface area contributed by atoms with Crippen LogP contribution in [0.15, 0.2) is 24.3 Å². The summed E-state index contributed by atoms with van der Waals surface area (Å²) < 4.78 is 5.93. The first-order chi connectivity index (χ1) is 9.35. The highest BCUT2D eigenvalue weighted by Crippen LogP contribution is 2.25. The Morgan fingerprint density at radius 2 is 2.21 bits per heavy atom. The van der Waals surface area contributed by atoms with Crippen molar-refractivity contribution in [2.75, 3.05) is 31.6 Å². The molecule has 3 heteroatoms.